The number of hydrogen-bond donors (Lipinski definition) is 1. The van der Waals surface area contributed by atoms with E-state index in [-0.39, 0.29) is 0 Å². The van der Waals surface area contributed by atoms with Crippen molar-refractivity contribution in [3.05, 3.63) is 23.9 Å². The van der Waals surface area contributed by atoms with Gasteiger partial charge in [-0.3, -0.25) is 4.90 Å². The highest BCUT2D eigenvalue weighted by Crippen LogP contribution is 2.10. The maximum Gasteiger partial charge on any atom is 0.123 e. The van der Waals surface area contributed by atoms with E-state index in [1.165, 1.54) is 12.8 Å². The normalized spacial score (nSPS) is 11.7. The first-order valence-electron chi connectivity index (χ1n) is 7.41. The second kappa shape index (κ2) is 8.16. The maximum absolute atomic E-state index is 5.75. The van der Waals surface area contributed by atoms with E-state index >= 15 is 0 Å². The molecule has 2 N–H and O–H groups in total. The maximum atomic E-state index is 5.75. The van der Waals surface area contributed by atoms with Gasteiger partial charge in [-0.05, 0) is 49.9 Å². The summed E-state index contributed by atoms with van der Waals surface area (Å²) in [6.45, 7) is 12.3. The number of nitrogen functional groups attached to an aromatic ring is 1. The van der Waals surface area contributed by atoms with Crippen LogP contribution in [0.5, 0.6) is 0 Å². The molecule has 1 aromatic rings. The number of pyridine rings is 1. The first-order valence-corrected chi connectivity index (χ1v) is 7.41. The number of aromatic nitrogens is 1. The fraction of sp³-hybridized carbons (Fsp3) is 0.688. The fourth-order valence-electron chi connectivity index (χ4n) is 1.97. The summed E-state index contributed by atoms with van der Waals surface area (Å²) in [7, 11) is 0. The molecule has 0 saturated heterocycles. The third kappa shape index (κ3) is 7.16. The third-order valence-corrected chi connectivity index (χ3v) is 3.26. The summed E-state index contributed by atoms with van der Waals surface area (Å²) < 4.78 is 0. The Bertz CT molecular complexity index is 349. The van der Waals surface area contributed by atoms with Crippen molar-refractivity contribution >= 4 is 5.82 Å². The Morgan fingerprint density at radius 2 is 1.63 bits per heavy atom. The Hall–Kier alpha value is -1.09. The molecule has 0 atom stereocenters. The minimum atomic E-state index is 0.616. The van der Waals surface area contributed by atoms with Gasteiger partial charge in [0, 0.05) is 6.54 Å². The minimum Gasteiger partial charge on any atom is -0.384 e. The van der Waals surface area contributed by atoms with Gasteiger partial charge in [-0.15, -0.1) is 0 Å². The van der Waals surface area contributed by atoms with E-state index in [1.807, 2.05) is 12.1 Å². The molecule has 0 aliphatic carbocycles. The van der Waals surface area contributed by atoms with Crippen LogP contribution in [0.25, 0.3) is 0 Å². The first kappa shape index (κ1) is 16.0. The molecule has 0 aliphatic heterocycles. The highest BCUT2D eigenvalue weighted by molar-refractivity contribution is 5.28. The van der Waals surface area contributed by atoms with E-state index in [0.717, 1.165) is 37.2 Å². The van der Waals surface area contributed by atoms with Crippen molar-refractivity contribution in [1.29, 1.82) is 0 Å². The molecule has 0 aliphatic rings. The molecule has 3 heteroatoms. The van der Waals surface area contributed by atoms with Crippen LogP contribution in [-0.4, -0.2) is 23.0 Å². The zero-order valence-electron chi connectivity index (χ0n) is 12.9. The summed E-state index contributed by atoms with van der Waals surface area (Å²) in [5.74, 6) is 2.11. The van der Waals surface area contributed by atoms with Crippen LogP contribution in [0.15, 0.2) is 18.2 Å². The Labute approximate surface area is 118 Å². The average molecular weight is 263 g/mol. The third-order valence-electron chi connectivity index (χ3n) is 3.26. The SMILES string of the molecule is CC(C)CCN(CCC(C)C)Cc1cccc(N)n1. The molecule has 1 rings (SSSR count). The smallest absolute Gasteiger partial charge is 0.123 e. The molecule has 0 radical (unpaired) electrons. The van der Waals surface area contributed by atoms with Crippen molar-refractivity contribution in [1.82, 2.24) is 9.88 Å². The summed E-state index contributed by atoms with van der Waals surface area (Å²) in [6, 6.07) is 5.89. The van der Waals surface area contributed by atoms with Crippen LogP contribution in [0.2, 0.25) is 0 Å². The van der Waals surface area contributed by atoms with Crippen LogP contribution >= 0.6 is 0 Å². The van der Waals surface area contributed by atoms with Crippen molar-refractivity contribution in [3.8, 4) is 0 Å². The first-order chi connectivity index (χ1) is 8.97. The van der Waals surface area contributed by atoms with Crippen molar-refractivity contribution in [2.45, 2.75) is 47.1 Å². The Morgan fingerprint density at radius 1 is 1.05 bits per heavy atom. The molecule has 19 heavy (non-hydrogen) atoms. The summed E-state index contributed by atoms with van der Waals surface area (Å²) in [5, 5.41) is 0. The van der Waals surface area contributed by atoms with Gasteiger partial charge in [-0.25, -0.2) is 4.98 Å². The zero-order valence-corrected chi connectivity index (χ0v) is 12.9. The topological polar surface area (TPSA) is 42.1 Å². The minimum absolute atomic E-state index is 0.616. The second-order valence-electron chi connectivity index (χ2n) is 6.19. The molecule has 3 nitrogen and oxygen atoms in total. The summed E-state index contributed by atoms with van der Waals surface area (Å²) in [6.07, 6.45) is 2.47. The average Bonchev–Trinajstić information content (AvgIpc) is 2.32. The molecule has 0 bridgehead atoms. The molecule has 1 aromatic heterocycles. The standard InChI is InChI=1S/C16H29N3/c1-13(2)8-10-19(11-9-14(3)4)12-15-6-5-7-16(17)18-15/h5-7,13-14H,8-12H2,1-4H3,(H2,17,18). The van der Waals surface area contributed by atoms with Crippen molar-refractivity contribution in [2.75, 3.05) is 18.8 Å². The number of nitrogens with zero attached hydrogens (tertiary/aromatic N) is 2. The van der Waals surface area contributed by atoms with E-state index in [4.69, 9.17) is 5.73 Å². The van der Waals surface area contributed by atoms with E-state index in [2.05, 4.69) is 43.6 Å². The van der Waals surface area contributed by atoms with E-state index < -0.39 is 0 Å². The predicted molar refractivity (Wildman–Crippen MR) is 82.8 cm³/mol. The van der Waals surface area contributed by atoms with Gasteiger partial charge in [0.05, 0.1) is 5.69 Å². The molecule has 0 unspecified atom stereocenters. The van der Waals surface area contributed by atoms with Crippen molar-refractivity contribution in [3.63, 3.8) is 0 Å². The monoisotopic (exact) mass is 263 g/mol. The lowest BCUT2D eigenvalue weighted by molar-refractivity contribution is 0.233. The van der Waals surface area contributed by atoms with E-state index in [0.29, 0.717) is 5.82 Å². The molecule has 0 amide bonds. The number of hydrogen-bond acceptors (Lipinski definition) is 3. The molecule has 0 spiro atoms. The molecule has 108 valence electrons. The summed E-state index contributed by atoms with van der Waals surface area (Å²) in [5.41, 5.74) is 6.83. The Balaban J connectivity index is 2.56. The summed E-state index contributed by atoms with van der Waals surface area (Å²) >= 11 is 0. The second-order valence-corrected chi connectivity index (χ2v) is 6.19. The molecular formula is C16H29N3. The lowest BCUT2D eigenvalue weighted by Crippen LogP contribution is -2.27. The highest BCUT2D eigenvalue weighted by Gasteiger charge is 2.09. The summed E-state index contributed by atoms with van der Waals surface area (Å²) in [4.78, 5) is 6.91. The van der Waals surface area contributed by atoms with Crippen molar-refractivity contribution in [2.24, 2.45) is 11.8 Å². The van der Waals surface area contributed by atoms with Crippen LogP contribution in [0.3, 0.4) is 0 Å². The van der Waals surface area contributed by atoms with E-state index in [1.54, 1.807) is 0 Å². The van der Waals surface area contributed by atoms with Crippen LogP contribution in [0.4, 0.5) is 5.82 Å². The van der Waals surface area contributed by atoms with Gasteiger partial charge in [-0.2, -0.15) is 0 Å². The number of anilines is 1. The van der Waals surface area contributed by atoms with Gasteiger partial charge in [-0.1, -0.05) is 33.8 Å². The van der Waals surface area contributed by atoms with E-state index in [9.17, 15) is 0 Å². The van der Waals surface area contributed by atoms with Gasteiger partial charge in [0.2, 0.25) is 0 Å². The predicted octanol–water partition coefficient (Wildman–Crippen LogP) is 3.56. The fourth-order valence-corrected chi connectivity index (χ4v) is 1.97. The molecule has 0 saturated carbocycles. The highest BCUT2D eigenvalue weighted by atomic mass is 15.1. The van der Waals surface area contributed by atoms with Gasteiger partial charge >= 0.3 is 0 Å². The van der Waals surface area contributed by atoms with Gasteiger partial charge in [0.1, 0.15) is 5.82 Å². The quantitative estimate of drug-likeness (QED) is 0.780. The zero-order chi connectivity index (χ0) is 14.3. The van der Waals surface area contributed by atoms with Crippen LogP contribution < -0.4 is 5.73 Å². The van der Waals surface area contributed by atoms with Crippen LogP contribution in [0, 0.1) is 11.8 Å². The lowest BCUT2D eigenvalue weighted by atomic mass is 10.1. The number of rotatable bonds is 8. The van der Waals surface area contributed by atoms with Crippen LogP contribution in [-0.2, 0) is 6.54 Å². The number of nitrogens with two attached hydrogens (primary N) is 1. The van der Waals surface area contributed by atoms with Gasteiger partial charge in [0.25, 0.3) is 0 Å². The van der Waals surface area contributed by atoms with Gasteiger partial charge in [0.15, 0.2) is 0 Å². The Kier molecular flexibility index (Phi) is 6.85. The molecular weight excluding hydrogens is 234 g/mol. The molecule has 0 fully saturated rings. The van der Waals surface area contributed by atoms with Crippen molar-refractivity contribution < 1.29 is 0 Å². The van der Waals surface area contributed by atoms with Gasteiger partial charge < -0.3 is 5.73 Å². The molecule has 1 heterocycles. The van der Waals surface area contributed by atoms with Crippen LogP contribution in [0.1, 0.15) is 46.2 Å². The lowest BCUT2D eigenvalue weighted by Gasteiger charge is -2.23. The molecule has 0 aromatic carbocycles. The largest absolute Gasteiger partial charge is 0.384 e. The Morgan fingerprint density at radius 3 is 2.11 bits per heavy atom.